The van der Waals surface area contributed by atoms with Crippen LogP contribution in [0.1, 0.15) is 30.9 Å². The molecule has 0 amide bonds. The van der Waals surface area contributed by atoms with Crippen LogP contribution in [0.4, 0.5) is 5.69 Å². The molecule has 1 aliphatic carbocycles. The van der Waals surface area contributed by atoms with Crippen molar-refractivity contribution in [2.24, 2.45) is 0 Å². The molecule has 3 aromatic carbocycles. The summed E-state index contributed by atoms with van der Waals surface area (Å²) in [7, 11) is 0. The van der Waals surface area contributed by atoms with E-state index < -0.39 is 0 Å². The number of benzene rings is 3. The quantitative estimate of drug-likeness (QED) is 0.475. The highest BCUT2D eigenvalue weighted by Crippen LogP contribution is 2.28. The monoisotopic (exact) mass is 469 g/mol. The summed E-state index contributed by atoms with van der Waals surface area (Å²) in [4.78, 5) is 7.88. The van der Waals surface area contributed by atoms with Crippen molar-refractivity contribution in [1.29, 1.82) is 0 Å². The molecule has 4 heteroatoms. The Morgan fingerprint density at radius 2 is 1.57 bits per heavy atom. The Hall–Kier alpha value is -2.82. The lowest BCUT2D eigenvalue weighted by Crippen LogP contribution is -2.50. The van der Waals surface area contributed by atoms with Gasteiger partial charge in [0.2, 0.25) is 0 Å². The minimum atomic E-state index is 0.402. The van der Waals surface area contributed by atoms with Gasteiger partial charge in [-0.2, -0.15) is 0 Å². The number of fused-ring (bicyclic) bond motifs is 1. The molecule has 0 bridgehead atoms. The molecule has 1 saturated heterocycles. The number of rotatable bonds is 8. The Bertz CT molecular complexity index is 1070. The number of piperazine rings is 1. The molecule has 1 unspecified atom stereocenters. The fourth-order valence-corrected chi connectivity index (χ4v) is 5.79. The molecule has 0 spiro atoms. The molecule has 0 aromatic heterocycles. The number of phenolic OH excluding ortho intramolecular Hbond substituents is 1. The van der Waals surface area contributed by atoms with Gasteiger partial charge in [-0.1, -0.05) is 55.5 Å². The van der Waals surface area contributed by atoms with Gasteiger partial charge in [0.1, 0.15) is 5.75 Å². The maximum Gasteiger partial charge on any atom is 0.115 e. The van der Waals surface area contributed by atoms with E-state index in [9.17, 15) is 5.11 Å². The topological polar surface area (TPSA) is 30.0 Å². The molecule has 0 radical (unpaired) electrons. The molecule has 1 atom stereocenters. The number of nitrogens with zero attached hydrogens (tertiary/aromatic N) is 3. The lowest BCUT2D eigenvalue weighted by molar-refractivity contribution is 0.145. The third-order valence-corrected chi connectivity index (χ3v) is 7.83. The van der Waals surface area contributed by atoms with E-state index in [1.54, 1.807) is 0 Å². The van der Waals surface area contributed by atoms with Gasteiger partial charge in [-0.3, -0.25) is 9.80 Å². The van der Waals surface area contributed by atoms with Crippen molar-refractivity contribution in [3.8, 4) is 16.9 Å². The molecular formula is C31H39N3O. The largest absolute Gasteiger partial charge is 0.508 e. The van der Waals surface area contributed by atoms with Crippen molar-refractivity contribution in [3.05, 3.63) is 83.9 Å². The Balaban J connectivity index is 1.12. The predicted octanol–water partition coefficient (Wildman–Crippen LogP) is 5.45. The van der Waals surface area contributed by atoms with Crippen molar-refractivity contribution in [2.75, 3.05) is 50.7 Å². The predicted molar refractivity (Wildman–Crippen MR) is 146 cm³/mol. The van der Waals surface area contributed by atoms with Crippen LogP contribution >= 0.6 is 0 Å². The first kappa shape index (κ1) is 23.9. The highest BCUT2D eigenvalue weighted by molar-refractivity contribution is 5.66. The normalized spacial score (nSPS) is 18.6. The molecule has 2 aliphatic rings. The SMILES string of the molecule is CCCN(CCN1CCN(c2ccc(-c3ccccc3)cc2)CC1)C1CCc2ccc(O)cc2C1. The molecule has 5 rings (SSSR count). The fraction of sp³-hybridized carbons (Fsp3) is 0.419. The number of aryl methyl sites for hydroxylation is 1. The van der Waals surface area contributed by atoms with Gasteiger partial charge in [-0.05, 0) is 78.7 Å². The van der Waals surface area contributed by atoms with Gasteiger partial charge in [0, 0.05) is 51.0 Å². The van der Waals surface area contributed by atoms with Crippen molar-refractivity contribution in [1.82, 2.24) is 9.80 Å². The van der Waals surface area contributed by atoms with Gasteiger partial charge in [-0.15, -0.1) is 0 Å². The zero-order valence-corrected chi connectivity index (χ0v) is 21.1. The summed E-state index contributed by atoms with van der Waals surface area (Å²) in [5.41, 5.74) is 6.65. The fourth-order valence-electron chi connectivity index (χ4n) is 5.79. The van der Waals surface area contributed by atoms with E-state index in [2.05, 4.69) is 82.3 Å². The van der Waals surface area contributed by atoms with Crippen molar-refractivity contribution < 1.29 is 5.11 Å². The minimum absolute atomic E-state index is 0.402. The van der Waals surface area contributed by atoms with Gasteiger partial charge in [0.25, 0.3) is 0 Å². The Morgan fingerprint density at radius 1 is 0.829 bits per heavy atom. The molecule has 1 fully saturated rings. The van der Waals surface area contributed by atoms with Crippen LogP contribution in [0.25, 0.3) is 11.1 Å². The number of aromatic hydroxyl groups is 1. The zero-order chi connectivity index (χ0) is 24.0. The summed E-state index contributed by atoms with van der Waals surface area (Å²) in [6, 6.07) is 26.2. The molecule has 1 N–H and O–H groups in total. The van der Waals surface area contributed by atoms with Gasteiger partial charge < -0.3 is 10.0 Å². The lowest BCUT2D eigenvalue weighted by Gasteiger charge is -2.39. The molecule has 3 aromatic rings. The van der Waals surface area contributed by atoms with E-state index in [-0.39, 0.29) is 0 Å². The number of phenols is 1. The summed E-state index contributed by atoms with van der Waals surface area (Å²) in [6.07, 6.45) is 4.61. The van der Waals surface area contributed by atoms with Crippen LogP contribution in [-0.4, -0.2) is 66.8 Å². The number of hydrogen-bond donors (Lipinski definition) is 1. The second-order valence-electron chi connectivity index (χ2n) is 10.1. The molecule has 184 valence electrons. The van der Waals surface area contributed by atoms with Gasteiger partial charge in [-0.25, -0.2) is 0 Å². The first-order chi connectivity index (χ1) is 17.2. The van der Waals surface area contributed by atoms with Crippen LogP contribution in [0.3, 0.4) is 0 Å². The van der Waals surface area contributed by atoms with E-state index in [4.69, 9.17) is 0 Å². The molecule has 0 saturated carbocycles. The lowest BCUT2D eigenvalue weighted by atomic mass is 9.87. The average molecular weight is 470 g/mol. The standard InChI is InChI=1S/C31H39N3O/c1-2-16-33(30-14-10-27-11-15-31(35)24-28(27)23-30)20-17-32-18-21-34(22-19-32)29-12-8-26(9-13-29)25-6-4-3-5-7-25/h3-9,11-13,15,24,30,35H,2,10,14,16-23H2,1H3. The van der Waals surface area contributed by atoms with Crippen LogP contribution < -0.4 is 4.90 Å². The highest BCUT2D eigenvalue weighted by Gasteiger charge is 2.25. The van der Waals surface area contributed by atoms with Gasteiger partial charge in [0.05, 0.1) is 0 Å². The van der Waals surface area contributed by atoms with Crippen LogP contribution in [0.5, 0.6) is 5.75 Å². The summed E-state index contributed by atoms with van der Waals surface area (Å²) in [5, 5.41) is 9.94. The maximum absolute atomic E-state index is 9.94. The van der Waals surface area contributed by atoms with E-state index in [1.165, 1.54) is 40.8 Å². The number of hydrogen-bond acceptors (Lipinski definition) is 4. The van der Waals surface area contributed by atoms with Gasteiger partial charge in [0.15, 0.2) is 0 Å². The van der Waals surface area contributed by atoms with Gasteiger partial charge >= 0.3 is 0 Å². The van der Waals surface area contributed by atoms with Crippen molar-refractivity contribution in [3.63, 3.8) is 0 Å². The second kappa shape index (κ2) is 11.3. The van der Waals surface area contributed by atoms with Crippen molar-refractivity contribution >= 4 is 5.69 Å². The van der Waals surface area contributed by atoms with Crippen LogP contribution in [0, 0.1) is 0 Å². The zero-order valence-electron chi connectivity index (χ0n) is 21.1. The average Bonchev–Trinajstić information content (AvgIpc) is 2.91. The molecule has 4 nitrogen and oxygen atoms in total. The first-order valence-electron chi connectivity index (χ1n) is 13.4. The molecule has 1 heterocycles. The summed E-state index contributed by atoms with van der Waals surface area (Å²) in [6.45, 7) is 10.2. The highest BCUT2D eigenvalue weighted by atomic mass is 16.3. The third kappa shape index (κ3) is 5.88. The van der Waals surface area contributed by atoms with Crippen molar-refractivity contribution in [2.45, 2.75) is 38.6 Å². The Labute approximate surface area is 210 Å². The Kier molecular flexibility index (Phi) is 7.70. The third-order valence-electron chi connectivity index (χ3n) is 7.83. The smallest absolute Gasteiger partial charge is 0.115 e. The van der Waals surface area contributed by atoms with E-state index >= 15 is 0 Å². The number of anilines is 1. The van der Waals surface area contributed by atoms with Crippen LogP contribution in [0.2, 0.25) is 0 Å². The molecule has 1 aliphatic heterocycles. The van der Waals surface area contributed by atoms with E-state index in [0.717, 1.165) is 58.7 Å². The maximum atomic E-state index is 9.94. The first-order valence-corrected chi connectivity index (χ1v) is 13.4. The molecule has 35 heavy (non-hydrogen) atoms. The minimum Gasteiger partial charge on any atom is -0.508 e. The summed E-state index contributed by atoms with van der Waals surface area (Å²) >= 11 is 0. The van der Waals surface area contributed by atoms with E-state index in [0.29, 0.717) is 11.8 Å². The van der Waals surface area contributed by atoms with Crippen LogP contribution in [-0.2, 0) is 12.8 Å². The van der Waals surface area contributed by atoms with Crippen LogP contribution in [0.15, 0.2) is 72.8 Å². The second-order valence-corrected chi connectivity index (χ2v) is 10.1. The molecular weight excluding hydrogens is 430 g/mol. The Morgan fingerprint density at radius 3 is 2.31 bits per heavy atom. The summed E-state index contributed by atoms with van der Waals surface area (Å²) < 4.78 is 0. The van der Waals surface area contributed by atoms with E-state index in [1.807, 2.05) is 12.1 Å². The summed E-state index contributed by atoms with van der Waals surface area (Å²) in [5.74, 6) is 0.402.